The SMILES string of the molecule is CCN(CCO)C(=O)c1c(Cl)ccc(C(=O)OCCC(CC(C)C)C(C)C)c1C. The molecule has 0 aliphatic heterocycles. The molecule has 0 bridgehead atoms. The molecule has 164 valence electrons. The Morgan fingerprint density at radius 1 is 1.21 bits per heavy atom. The summed E-state index contributed by atoms with van der Waals surface area (Å²) in [5, 5.41) is 9.47. The zero-order valence-corrected chi connectivity index (χ0v) is 19.4. The van der Waals surface area contributed by atoms with Crippen molar-refractivity contribution < 1.29 is 19.4 Å². The number of nitrogens with zero attached hydrogens (tertiary/aromatic N) is 1. The van der Waals surface area contributed by atoms with E-state index >= 15 is 0 Å². The summed E-state index contributed by atoms with van der Waals surface area (Å²) in [6.45, 7) is 13.2. The molecular formula is C23H36ClNO4. The Hall–Kier alpha value is -1.59. The van der Waals surface area contributed by atoms with Gasteiger partial charge < -0.3 is 14.7 Å². The van der Waals surface area contributed by atoms with Crippen LogP contribution in [0.5, 0.6) is 0 Å². The third-order valence-electron chi connectivity index (χ3n) is 5.33. The summed E-state index contributed by atoms with van der Waals surface area (Å²) >= 11 is 6.27. The van der Waals surface area contributed by atoms with Gasteiger partial charge in [0.05, 0.1) is 29.4 Å². The molecule has 0 aliphatic rings. The number of amides is 1. The van der Waals surface area contributed by atoms with Gasteiger partial charge in [-0.1, -0.05) is 39.3 Å². The number of hydrogen-bond acceptors (Lipinski definition) is 4. The zero-order chi connectivity index (χ0) is 22.1. The molecule has 0 aromatic heterocycles. The highest BCUT2D eigenvalue weighted by molar-refractivity contribution is 6.34. The van der Waals surface area contributed by atoms with Crippen molar-refractivity contribution in [1.82, 2.24) is 4.90 Å². The van der Waals surface area contributed by atoms with Gasteiger partial charge in [0.2, 0.25) is 0 Å². The first-order valence-corrected chi connectivity index (χ1v) is 10.9. The summed E-state index contributed by atoms with van der Waals surface area (Å²) in [4.78, 5) is 27.0. The number of halogens is 1. The lowest BCUT2D eigenvalue weighted by Crippen LogP contribution is -2.34. The lowest BCUT2D eigenvalue weighted by Gasteiger charge is -2.23. The number of esters is 1. The first-order chi connectivity index (χ1) is 13.6. The Morgan fingerprint density at radius 3 is 2.38 bits per heavy atom. The molecule has 0 fully saturated rings. The van der Waals surface area contributed by atoms with Gasteiger partial charge >= 0.3 is 5.97 Å². The number of aliphatic hydroxyl groups is 1. The van der Waals surface area contributed by atoms with Gasteiger partial charge in [0, 0.05) is 13.1 Å². The smallest absolute Gasteiger partial charge is 0.338 e. The molecule has 0 aliphatic carbocycles. The fraction of sp³-hybridized carbons (Fsp3) is 0.652. The molecule has 29 heavy (non-hydrogen) atoms. The van der Waals surface area contributed by atoms with Crippen molar-refractivity contribution in [3.05, 3.63) is 33.8 Å². The van der Waals surface area contributed by atoms with Crippen molar-refractivity contribution in [2.45, 2.75) is 54.4 Å². The quantitative estimate of drug-likeness (QED) is 0.508. The van der Waals surface area contributed by atoms with E-state index in [4.69, 9.17) is 16.3 Å². The molecule has 1 atom stereocenters. The summed E-state index contributed by atoms with van der Waals surface area (Å²) in [6, 6.07) is 3.16. The van der Waals surface area contributed by atoms with Crippen molar-refractivity contribution in [1.29, 1.82) is 0 Å². The molecule has 0 heterocycles. The predicted octanol–water partition coefficient (Wildman–Crippen LogP) is 4.97. The Bertz CT molecular complexity index is 688. The van der Waals surface area contributed by atoms with E-state index in [1.165, 1.54) is 4.90 Å². The van der Waals surface area contributed by atoms with Crippen molar-refractivity contribution in [3.8, 4) is 0 Å². The molecule has 0 radical (unpaired) electrons. The second kappa shape index (κ2) is 12.2. The summed E-state index contributed by atoms with van der Waals surface area (Å²) in [6.07, 6.45) is 1.92. The summed E-state index contributed by atoms with van der Waals surface area (Å²) in [7, 11) is 0. The molecule has 1 aromatic rings. The first-order valence-electron chi connectivity index (χ1n) is 10.5. The number of benzene rings is 1. The minimum absolute atomic E-state index is 0.134. The fourth-order valence-corrected chi connectivity index (χ4v) is 3.84. The second-order valence-corrected chi connectivity index (χ2v) is 8.67. The molecule has 0 spiro atoms. The minimum Gasteiger partial charge on any atom is -0.462 e. The molecule has 6 heteroatoms. The Balaban J connectivity index is 2.93. The predicted molar refractivity (Wildman–Crippen MR) is 118 cm³/mol. The lowest BCUT2D eigenvalue weighted by molar-refractivity contribution is 0.0466. The van der Waals surface area contributed by atoms with E-state index in [-0.39, 0.29) is 29.6 Å². The molecule has 0 saturated heterocycles. The van der Waals surface area contributed by atoms with Gasteiger partial charge in [-0.15, -0.1) is 0 Å². The van der Waals surface area contributed by atoms with Crippen molar-refractivity contribution in [2.75, 3.05) is 26.3 Å². The van der Waals surface area contributed by atoms with Crippen LogP contribution in [0.3, 0.4) is 0 Å². The van der Waals surface area contributed by atoms with Gasteiger partial charge in [-0.25, -0.2) is 4.79 Å². The van der Waals surface area contributed by atoms with E-state index < -0.39 is 5.97 Å². The van der Waals surface area contributed by atoms with Crippen LogP contribution in [0, 0.1) is 24.7 Å². The van der Waals surface area contributed by atoms with Crippen LogP contribution in [0.2, 0.25) is 5.02 Å². The summed E-state index contributed by atoms with van der Waals surface area (Å²) in [5.74, 6) is 0.901. The van der Waals surface area contributed by atoms with Crippen LogP contribution in [0.25, 0.3) is 0 Å². The molecule has 1 amide bonds. The summed E-state index contributed by atoms with van der Waals surface area (Å²) < 4.78 is 5.53. The fourth-order valence-electron chi connectivity index (χ4n) is 3.55. The highest BCUT2D eigenvalue weighted by atomic mass is 35.5. The van der Waals surface area contributed by atoms with Crippen LogP contribution in [0.4, 0.5) is 0 Å². The number of rotatable bonds is 11. The van der Waals surface area contributed by atoms with Gasteiger partial charge in [-0.2, -0.15) is 0 Å². The first kappa shape index (κ1) is 25.4. The highest BCUT2D eigenvalue weighted by Gasteiger charge is 2.24. The van der Waals surface area contributed by atoms with Crippen LogP contribution in [-0.2, 0) is 4.74 Å². The van der Waals surface area contributed by atoms with E-state index in [1.54, 1.807) is 19.1 Å². The van der Waals surface area contributed by atoms with E-state index in [0.717, 1.165) is 12.8 Å². The Kier molecular flexibility index (Phi) is 10.7. The third kappa shape index (κ3) is 7.31. The molecule has 0 saturated carbocycles. The van der Waals surface area contributed by atoms with Crippen molar-refractivity contribution in [2.24, 2.45) is 17.8 Å². The van der Waals surface area contributed by atoms with Gasteiger partial charge in [-0.3, -0.25) is 4.79 Å². The van der Waals surface area contributed by atoms with E-state index in [0.29, 0.717) is 42.0 Å². The van der Waals surface area contributed by atoms with Crippen molar-refractivity contribution in [3.63, 3.8) is 0 Å². The van der Waals surface area contributed by atoms with Gasteiger partial charge in [0.1, 0.15) is 0 Å². The minimum atomic E-state index is -0.439. The topological polar surface area (TPSA) is 66.8 Å². The number of likely N-dealkylation sites (N-methyl/N-ethyl adjacent to an activating group) is 1. The zero-order valence-electron chi connectivity index (χ0n) is 18.6. The number of hydrogen-bond donors (Lipinski definition) is 1. The maximum Gasteiger partial charge on any atom is 0.338 e. The normalized spacial score (nSPS) is 12.3. The van der Waals surface area contributed by atoms with E-state index in [2.05, 4.69) is 27.7 Å². The van der Waals surface area contributed by atoms with E-state index in [9.17, 15) is 14.7 Å². The number of carbonyl (C=O) groups excluding carboxylic acids is 2. The number of ether oxygens (including phenoxy) is 1. The molecule has 5 nitrogen and oxygen atoms in total. The number of carbonyl (C=O) groups is 2. The Morgan fingerprint density at radius 2 is 1.86 bits per heavy atom. The van der Waals surface area contributed by atoms with Crippen LogP contribution < -0.4 is 0 Å². The van der Waals surface area contributed by atoms with Gasteiger partial charge in [0.15, 0.2) is 0 Å². The maximum atomic E-state index is 12.8. The monoisotopic (exact) mass is 425 g/mol. The molecular weight excluding hydrogens is 390 g/mol. The third-order valence-corrected chi connectivity index (χ3v) is 5.64. The lowest BCUT2D eigenvalue weighted by atomic mass is 9.85. The average molecular weight is 426 g/mol. The maximum absolute atomic E-state index is 12.8. The van der Waals surface area contributed by atoms with Gasteiger partial charge in [0.25, 0.3) is 5.91 Å². The molecule has 1 rings (SSSR count). The van der Waals surface area contributed by atoms with Crippen LogP contribution in [-0.4, -0.2) is 48.2 Å². The van der Waals surface area contributed by atoms with Crippen LogP contribution in [0.15, 0.2) is 12.1 Å². The largest absolute Gasteiger partial charge is 0.462 e. The molecule has 1 unspecified atom stereocenters. The standard InChI is InChI=1S/C23H36ClNO4/c1-7-25(11-12-26)22(27)21-17(6)19(8-9-20(21)24)23(28)29-13-10-18(16(4)5)14-15(2)3/h8-9,15-16,18,26H,7,10-14H2,1-6H3. The molecule has 1 N–H and O–H groups in total. The van der Waals surface area contributed by atoms with Crippen LogP contribution >= 0.6 is 11.6 Å². The highest BCUT2D eigenvalue weighted by Crippen LogP contribution is 2.26. The second-order valence-electron chi connectivity index (χ2n) is 8.26. The number of aliphatic hydroxyl groups excluding tert-OH is 1. The van der Waals surface area contributed by atoms with Gasteiger partial charge in [-0.05, 0) is 62.1 Å². The van der Waals surface area contributed by atoms with E-state index in [1.807, 2.05) is 6.92 Å². The molecule has 1 aromatic carbocycles. The summed E-state index contributed by atoms with van der Waals surface area (Å²) in [5.41, 5.74) is 1.14. The van der Waals surface area contributed by atoms with Crippen LogP contribution in [0.1, 0.15) is 73.7 Å². The van der Waals surface area contributed by atoms with Crippen molar-refractivity contribution >= 4 is 23.5 Å². The Labute approximate surface area is 180 Å². The average Bonchev–Trinajstić information content (AvgIpc) is 2.64.